The molecule has 2 rings (SSSR count). The Morgan fingerprint density at radius 2 is 1.79 bits per heavy atom. The minimum atomic E-state index is -0.514. The minimum absolute atomic E-state index is 0.0179. The molecule has 2 aromatic carbocycles. The molecule has 2 amide bonds. The molecule has 2 N–H and O–H groups in total. The summed E-state index contributed by atoms with van der Waals surface area (Å²) in [5.41, 5.74) is 1.20. The summed E-state index contributed by atoms with van der Waals surface area (Å²) < 4.78 is 0. The molecule has 0 spiro atoms. The van der Waals surface area contributed by atoms with Crippen LogP contribution in [0.4, 0.5) is 5.69 Å². The van der Waals surface area contributed by atoms with Crippen molar-refractivity contribution in [1.29, 1.82) is 0 Å². The lowest BCUT2D eigenvalue weighted by molar-refractivity contribution is -0.384. The van der Waals surface area contributed by atoms with E-state index in [2.05, 4.69) is 10.6 Å². The molecule has 0 saturated carbocycles. The van der Waals surface area contributed by atoms with Crippen LogP contribution in [-0.4, -0.2) is 23.3 Å². The lowest BCUT2D eigenvalue weighted by atomic mass is 10.1. The van der Waals surface area contributed by atoms with Gasteiger partial charge in [0.2, 0.25) is 5.91 Å². The fraction of sp³-hybridized carbons (Fsp3) is 0.182. The van der Waals surface area contributed by atoms with Crippen LogP contribution in [0.3, 0.4) is 0 Å². The van der Waals surface area contributed by atoms with Crippen molar-refractivity contribution in [2.24, 2.45) is 0 Å². The van der Waals surface area contributed by atoms with Crippen LogP contribution in [0, 0.1) is 10.1 Å². The largest absolute Gasteiger partial charge is 0.351 e. The van der Waals surface area contributed by atoms with Crippen molar-refractivity contribution >= 4 is 29.7 Å². The molecule has 0 aromatic heterocycles. The molecule has 0 saturated heterocycles. The summed E-state index contributed by atoms with van der Waals surface area (Å²) in [5, 5.41) is 16.3. The normalized spacial score (nSPS) is 11.3. The molecule has 0 atom stereocenters. The maximum Gasteiger partial charge on any atom is 0.270 e. The number of non-ortho nitro benzene ring substituents is 1. The van der Waals surface area contributed by atoms with Gasteiger partial charge in [0.25, 0.3) is 11.6 Å². The predicted octanol–water partition coefficient (Wildman–Crippen LogP) is 3.68. The summed E-state index contributed by atoms with van der Waals surface area (Å²) in [7, 11) is 0. The van der Waals surface area contributed by atoms with Gasteiger partial charge in [0.05, 0.1) is 4.92 Å². The van der Waals surface area contributed by atoms with Gasteiger partial charge in [0.1, 0.15) is 5.70 Å². The van der Waals surface area contributed by atoms with E-state index in [1.807, 2.05) is 37.3 Å². The van der Waals surface area contributed by atoms with E-state index in [0.717, 1.165) is 18.4 Å². The zero-order valence-corrected chi connectivity index (χ0v) is 16.1. The van der Waals surface area contributed by atoms with Crippen LogP contribution in [0.1, 0.15) is 30.9 Å². The molecule has 29 heavy (non-hydrogen) atoms. The van der Waals surface area contributed by atoms with Crippen molar-refractivity contribution in [3.05, 3.63) is 87.6 Å². The zero-order valence-electron chi connectivity index (χ0n) is 16.1. The van der Waals surface area contributed by atoms with Crippen molar-refractivity contribution in [3.8, 4) is 0 Å². The fourth-order valence-electron chi connectivity index (χ4n) is 2.44. The number of benzene rings is 2. The van der Waals surface area contributed by atoms with Gasteiger partial charge >= 0.3 is 0 Å². The third-order valence-electron chi connectivity index (χ3n) is 3.94. The number of nitro benzene ring substituents is 1. The van der Waals surface area contributed by atoms with Crippen LogP contribution < -0.4 is 10.6 Å². The first-order valence-electron chi connectivity index (χ1n) is 9.28. The third kappa shape index (κ3) is 7.42. The molecule has 0 aliphatic carbocycles. The van der Waals surface area contributed by atoms with E-state index in [0.29, 0.717) is 12.1 Å². The summed E-state index contributed by atoms with van der Waals surface area (Å²) in [6.45, 7) is 2.47. The number of nitrogens with zero attached hydrogens (tertiary/aromatic N) is 1. The van der Waals surface area contributed by atoms with Crippen LogP contribution >= 0.6 is 0 Å². The molecule has 0 radical (unpaired) electrons. The van der Waals surface area contributed by atoms with E-state index >= 15 is 0 Å². The highest BCUT2D eigenvalue weighted by Crippen LogP contribution is 2.15. The van der Waals surface area contributed by atoms with Crippen molar-refractivity contribution < 1.29 is 14.5 Å². The topological polar surface area (TPSA) is 101 Å². The van der Waals surface area contributed by atoms with Crippen LogP contribution in [0.2, 0.25) is 0 Å². The van der Waals surface area contributed by atoms with Crippen molar-refractivity contribution in [1.82, 2.24) is 10.6 Å². The van der Waals surface area contributed by atoms with Gasteiger partial charge in [-0.05, 0) is 29.7 Å². The highest BCUT2D eigenvalue weighted by atomic mass is 16.6. The molecule has 150 valence electrons. The summed E-state index contributed by atoms with van der Waals surface area (Å²) in [6, 6.07) is 15.1. The number of carbonyl (C=O) groups excluding carboxylic acids is 2. The van der Waals surface area contributed by atoms with Gasteiger partial charge in [0, 0.05) is 24.8 Å². The lowest BCUT2D eigenvalue weighted by Gasteiger charge is -2.09. The number of hydrogen-bond donors (Lipinski definition) is 2. The molecule has 0 bridgehead atoms. The van der Waals surface area contributed by atoms with Crippen LogP contribution in [0.5, 0.6) is 0 Å². The van der Waals surface area contributed by atoms with Crippen molar-refractivity contribution in [2.45, 2.75) is 19.8 Å². The monoisotopic (exact) mass is 393 g/mol. The van der Waals surface area contributed by atoms with Crippen molar-refractivity contribution in [3.63, 3.8) is 0 Å². The molecule has 0 unspecified atom stereocenters. The quantitative estimate of drug-likeness (QED) is 0.294. The number of nitrogens with one attached hydrogen (secondary N) is 2. The Labute approximate surface area is 169 Å². The summed E-state index contributed by atoms with van der Waals surface area (Å²) in [6.07, 6.45) is 6.10. The first-order valence-corrected chi connectivity index (χ1v) is 9.28. The van der Waals surface area contributed by atoms with Crippen LogP contribution in [0.25, 0.3) is 12.2 Å². The Kier molecular flexibility index (Phi) is 8.31. The van der Waals surface area contributed by atoms with Crippen LogP contribution in [-0.2, 0) is 9.59 Å². The van der Waals surface area contributed by atoms with E-state index in [1.54, 1.807) is 12.1 Å². The molecule has 0 aliphatic heterocycles. The maximum atomic E-state index is 12.5. The Balaban J connectivity index is 2.21. The highest BCUT2D eigenvalue weighted by Gasteiger charge is 2.13. The van der Waals surface area contributed by atoms with Gasteiger partial charge in [-0.3, -0.25) is 19.7 Å². The van der Waals surface area contributed by atoms with Gasteiger partial charge in [0.15, 0.2) is 0 Å². The number of rotatable bonds is 9. The third-order valence-corrected chi connectivity index (χ3v) is 3.94. The summed E-state index contributed by atoms with van der Waals surface area (Å²) in [4.78, 5) is 35.3. The molecule has 2 aromatic rings. The Hall–Kier alpha value is -3.74. The Bertz CT molecular complexity index is 921. The molecule has 0 heterocycles. The van der Waals surface area contributed by atoms with E-state index in [9.17, 15) is 19.7 Å². The summed E-state index contributed by atoms with van der Waals surface area (Å²) >= 11 is 0. The second kappa shape index (κ2) is 11.2. The van der Waals surface area contributed by atoms with E-state index in [1.165, 1.54) is 30.4 Å². The molecule has 0 fully saturated rings. The predicted molar refractivity (Wildman–Crippen MR) is 113 cm³/mol. The maximum absolute atomic E-state index is 12.5. The molecule has 7 nitrogen and oxygen atoms in total. The fourth-order valence-corrected chi connectivity index (χ4v) is 2.44. The number of hydrogen-bond acceptors (Lipinski definition) is 4. The lowest BCUT2D eigenvalue weighted by Crippen LogP contribution is -2.34. The molecule has 0 aliphatic rings. The first-order chi connectivity index (χ1) is 14.0. The SMILES string of the molecule is CCCCNC(=O)/C(=C/c1cccc([N+](=O)[O-])c1)NC(=O)/C=C/c1ccccc1. The highest BCUT2D eigenvalue weighted by molar-refractivity contribution is 6.04. The van der Waals surface area contributed by atoms with E-state index in [-0.39, 0.29) is 11.4 Å². The van der Waals surface area contributed by atoms with Crippen LogP contribution in [0.15, 0.2) is 66.4 Å². The second-order valence-corrected chi connectivity index (χ2v) is 6.25. The summed E-state index contributed by atoms with van der Waals surface area (Å²) in [5.74, 6) is -0.928. The molecular weight excluding hydrogens is 370 g/mol. The molecular formula is C22H23N3O4. The number of amides is 2. The number of unbranched alkanes of at least 4 members (excludes halogenated alkanes) is 1. The second-order valence-electron chi connectivity index (χ2n) is 6.25. The zero-order chi connectivity index (χ0) is 21.1. The van der Waals surface area contributed by atoms with Crippen molar-refractivity contribution in [2.75, 3.05) is 6.54 Å². The first kappa shape index (κ1) is 21.6. The molecule has 7 heteroatoms. The smallest absolute Gasteiger partial charge is 0.270 e. The number of nitro groups is 1. The van der Waals surface area contributed by atoms with Gasteiger partial charge < -0.3 is 10.6 Å². The van der Waals surface area contributed by atoms with Gasteiger partial charge in [-0.15, -0.1) is 0 Å². The standard InChI is InChI=1S/C22H23N3O4/c1-2-3-14-23-22(27)20(16-18-10-7-11-19(15-18)25(28)29)24-21(26)13-12-17-8-5-4-6-9-17/h4-13,15-16H,2-3,14H2,1H3,(H,23,27)(H,24,26)/b13-12+,20-16-. The van der Waals surface area contributed by atoms with Gasteiger partial charge in [-0.2, -0.15) is 0 Å². The number of carbonyl (C=O) groups is 2. The Morgan fingerprint density at radius 3 is 2.48 bits per heavy atom. The average molecular weight is 393 g/mol. The minimum Gasteiger partial charge on any atom is -0.351 e. The average Bonchev–Trinajstić information content (AvgIpc) is 2.73. The van der Waals surface area contributed by atoms with E-state index in [4.69, 9.17) is 0 Å². The van der Waals surface area contributed by atoms with Gasteiger partial charge in [-0.25, -0.2) is 0 Å². The van der Waals surface area contributed by atoms with E-state index < -0.39 is 16.7 Å². The Morgan fingerprint density at radius 1 is 1.07 bits per heavy atom. The van der Waals surface area contributed by atoms with Gasteiger partial charge in [-0.1, -0.05) is 55.8 Å².